The number of rotatable bonds is 10. The Morgan fingerprint density at radius 2 is 1.33 bits per heavy atom. The van der Waals surface area contributed by atoms with Gasteiger partial charge in [0.1, 0.15) is 17.2 Å². The summed E-state index contributed by atoms with van der Waals surface area (Å²) in [5.74, 6) is 0.222. The smallest absolute Gasteiger partial charge is 0.457 e. The van der Waals surface area contributed by atoms with Gasteiger partial charge in [-0.25, -0.2) is 0 Å². The SMILES string of the molecule is Cc1cccc(Oc2cccc(C(NC[C@@H](O)C(F)(F)F)c3cccc(OC(F)(F)C(F)F)c3)c2)c1. The van der Waals surface area contributed by atoms with E-state index >= 15 is 0 Å². The molecule has 194 valence electrons. The van der Waals surface area contributed by atoms with E-state index in [1.54, 1.807) is 36.4 Å². The largest absolute Gasteiger partial charge is 0.461 e. The van der Waals surface area contributed by atoms with Crippen molar-refractivity contribution in [1.29, 1.82) is 0 Å². The Morgan fingerprint density at radius 1 is 0.806 bits per heavy atom. The number of nitrogens with one attached hydrogen (secondary N) is 1. The van der Waals surface area contributed by atoms with Crippen molar-refractivity contribution in [2.75, 3.05) is 6.54 Å². The molecule has 0 radical (unpaired) electrons. The first-order valence-electron chi connectivity index (χ1n) is 10.6. The predicted octanol–water partition coefficient (Wildman–Crippen LogP) is 6.63. The van der Waals surface area contributed by atoms with Crippen molar-refractivity contribution in [3.8, 4) is 17.2 Å². The maximum absolute atomic E-state index is 13.4. The molecule has 36 heavy (non-hydrogen) atoms. The van der Waals surface area contributed by atoms with Crippen molar-refractivity contribution in [3.05, 3.63) is 89.5 Å². The zero-order valence-electron chi connectivity index (χ0n) is 18.8. The average Bonchev–Trinajstić information content (AvgIpc) is 2.78. The molecular formula is C25H22F7NO3. The lowest BCUT2D eigenvalue weighted by Gasteiger charge is -2.24. The Labute approximate surface area is 202 Å². The molecule has 3 rings (SSSR count). The standard InChI is InChI=1S/C25H22F7NO3/c1-15-5-2-8-18(11-15)35-19-9-3-6-16(12-19)22(33-14-21(34)24(28,29)30)17-7-4-10-20(13-17)36-25(31,32)23(26)27/h2-13,21-23,33-34H,14H2,1H3/t21-,22?/m1/s1. The number of aliphatic hydroxyl groups is 1. The highest BCUT2D eigenvalue weighted by Gasteiger charge is 2.44. The van der Waals surface area contributed by atoms with E-state index in [0.717, 1.165) is 17.7 Å². The van der Waals surface area contributed by atoms with Gasteiger partial charge in [0.15, 0.2) is 6.10 Å². The van der Waals surface area contributed by atoms with Crippen molar-refractivity contribution in [1.82, 2.24) is 5.32 Å². The molecule has 0 amide bonds. The number of aliphatic hydroxyl groups excluding tert-OH is 1. The molecule has 0 spiro atoms. The summed E-state index contributed by atoms with van der Waals surface area (Å²) in [4.78, 5) is 0. The fraction of sp³-hybridized carbons (Fsp3) is 0.280. The van der Waals surface area contributed by atoms with Gasteiger partial charge in [-0.05, 0) is 60.0 Å². The predicted molar refractivity (Wildman–Crippen MR) is 118 cm³/mol. The molecule has 0 saturated carbocycles. The van der Waals surface area contributed by atoms with Gasteiger partial charge in [-0.1, -0.05) is 36.4 Å². The number of ether oxygens (including phenoxy) is 2. The van der Waals surface area contributed by atoms with Gasteiger partial charge in [0.2, 0.25) is 0 Å². The van der Waals surface area contributed by atoms with E-state index in [-0.39, 0.29) is 5.56 Å². The van der Waals surface area contributed by atoms with Crippen LogP contribution >= 0.6 is 0 Å². The Kier molecular flexibility index (Phi) is 8.47. The molecular weight excluding hydrogens is 495 g/mol. The number of benzene rings is 3. The lowest BCUT2D eigenvalue weighted by Crippen LogP contribution is -2.40. The summed E-state index contributed by atoms with van der Waals surface area (Å²) >= 11 is 0. The summed E-state index contributed by atoms with van der Waals surface area (Å²) in [6.45, 7) is 0.928. The van der Waals surface area contributed by atoms with E-state index in [0.29, 0.717) is 17.1 Å². The highest BCUT2D eigenvalue weighted by Crippen LogP contribution is 2.33. The first-order chi connectivity index (χ1) is 16.8. The third-order valence-electron chi connectivity index (χ3n) is 5.01. The average molecular weight is 517 g/mol. The van der Waals surface area contributed by atoms with Crippen LogP contribution in [-0.4, -0.2) is 36.5 Å². The number of hydrogen-bond acceptors (Lipinski definition) is 4. The molecule has 3 aromatic rings. The lowest BCUT2D eigenvalue weighted by atomic mass is 9.98. The van der Waals surface area contributed by atoms with E-state index in [1.807, 2.05) is 13.0 Å². The van der Waals surface area contributed by atoms with Crippen molar-refractivity contribution in [2.24, 2.45) is 0 Å². The van der Waals surface area contributed by atoms with E-state index in [4.69, 9.17) is 4.74 Å². The van der Waals surface area contributed by atoms with Crippen LogP contribution in [0.4, 0.5) is 30.7 Å². The first-order valence-corrected chi connectivity index (χ1v) is 10.6. The van der Waals surface area contributed by atoms with Crippen molar-refractivity contribution in [3.63, 3.8) is 0 Å². The number of halogens is 7. The molecule has 0 bridgehead atoms. The fourth-order valence-corrected chi connectivity index (χ4v) is 3.31. The molecule has 0 aromatic heterocycles. The van der Waals surface area contributed by atoms with Crippen molar-refractivity contribution < 1.29 is 45.3 Å². The van der Waals surface area contributed by atoms with Gasteiger partial charge in [0.25, 0.3) is 0 Å². The van der Waals surface area contributed by atoms with Gasteiger partial charge >= 0.3 is 18.7 Å². The minimum absolute atomic E-state index is 0.125. The van der Waals surface area contributed by atoms with Crippen LogP contribution in [0.3, 0.4) is 0 Å². The zero-order valence-corrected chi connectivity index (χ0v) is 18.8. The van der Waals surface area contributed by atoms with Crippen LogP contribution in [-0.2, 0) is 0 Å². The van der Waals surface area contributed by atoms with Gasteiger partial charge in [-0.2, -0.15) is 30.7 Å². The van der Waals surface area contributed by atoms with E-state index in [2.05, 4.69) is 10.1 Å². The minimum atomic E-state index is -4.90. The summed E-state index contributed by atoms with van der Waals surface area (Å²) in [7, 11) is 0. The van der Waals surface area contributed by atoms with E-state index in [1.165, 1.54) is 18.2 Å². The van der Waals surface area contributed by atoms with Crippen LogP contribution in [0.2, 0.25) is 0 Å². The van der Waals surface area contributed by atoms with Gasteiger partial charge in [0, 0.05) is 6.54 Å². The van der Waals surface area contributed by atoms with Gasteiger partial charge < -0.3 is 19.9 Å². The normalized spacial score (nSPS) is 13.9. The zero-order chi connectivity index (χ0) is 26.5. The molecule has 0 aliphatic heterocycles. The van der Waals surface area contributed by atoms with Gasteiger partial charge in [0.05, 0.1) is 6.04 Å². The van der Waals surface area contributed by atoms with Crippen molar-refractivity contribution >= 4 is 0 Å². The molecule has 0 aliphatic carbocycles. The molecule has 0 heterocycles. The molecule has 0 fully saturated rings. The monoisotopic (exact) mass is 517 g/mol. The second-order valence-electron chi connectivity index (χ2n) is 7.93. The molecule has 0 saturated heterocycles. The molecule has 2 N–H and O–H groups in total. The van der Waals surface area contributed by atoms with E-state index < -0.39 is 43.2 Å². The number of hydrogen-bond donors (Lipinski definition) is 2. The van der Waals surface area contributed by atoms with Crippen LogP contribution < -0.4 is 14.8 Å². The molecule has 4 nitrogen and oxygen atoms in total. The molecule has 3 aromatic carbocycles. The van der Waals surface area contributed by atoms with E-state index in [9.17, 15) is 35.8 Å². The summed E-state index contributed by atoms with van der Waals surface area (Å²) in [5.41, 5.74) is 1.41. The number of aryl methyl sites for hydroxylation is 1. The Morgan fingerprint density at radius 3 is 1.89 bits per heavy atom. The Hall–Kier alpha value is -3.31. The maximum atomic E-state index is 13.4. The first kappa shape index (κ1) is 27.3. The van der Waals surface area contributed by atoms with Crippen LogP contribution in [0.15, 0.2) is 72.8 Å². The molecule has 2 atom stereocenters. The third kappa shape index (κ3) is 7.34. The molecule has 0 aliphatic rings. The van der Waals surface area contributed by atoms with Gasteiger partial charge in [-0.15, -0.1) is 0 Å². The quantitative estimate of drug-likeness (QED) is 0.297. The van der Waals surface area contributed by atoms with Crippen molar-refractivity contribution in [2.45, 2.75) is 37.8 Å². The highest BCUT2D eigenvalue weighted by molar-refractivity contribution is 5.41. The Balaban J connectivity index is 1.94. The molecule has 1 unspecified atom stereocenters. The Bertz CT molecular complexity index is 1150. The summed E-state index contributed by atoms with van der Waals surface area (Å²) in [6.07, 6.45) is -16.5. The van der Waals surface area contributed by atoms with Crippen LogP contribution in [0.5, 0.6) is 17.2 Å². The van der Waals surface area contributed by atoms with Crippen LogP contribution in [0.1, 0.15) is 22.7 Å². The maximum Gasteiger partial charge on any atom is 0.461 e. The minimum Gasteiger partial charge on any atom is -0.457 e. The summed E-state index contributed by atoms with van der Waals surface area (Å²) in [6, 6.07) is 16.9. The third-order valence-corrected chi connectivity index (χ3v) is 5.01. The lowest BCUT2D eigenvalue weighted by molar-refractivity contribution is -0.253. The molecule has 11 heteroatoms. The highest BCUT2D eigenvalue weighted by atomic mass is 19.4. The summed E-state index contributed by atoms with van der Waals surface area (Å²) in [5, 5.41) is 12.0. The summed E-state index contributed by atoms with van der Waals surface area (Å²) < 4.78 is 101. The fourth-order valence-electron chi connectivity index (χ4n) is 3.31. The van der Waals surface area contributed by atoms with Crippen LogP contribution in [0.25, 0.3) is 0 Å². The topological polar surface area (TPSA) is 50.7 Å². The number of alkyl halides is 7. The van der Waals surface area contributed by atoms with Crippen LogP contribution in [0, 0.1) is 6.92 Å². The van der Waals surface area contributed by atoms with Gasteiger partial charge in [-0.3, -0.25) is 0 Å². The second kappa shape index (κ2) is 11.2. The second-order valence-corrected chi connectivity index (χ2v) is 7.93.